The first-order chi connectivity index (χ1) is 12.0. The van der Waals surface area contributed by atoms with Crippen LogP contribution in [-0.4, -0.2) is 11.6 Å². The molecule has 0 saturated heterocycles. The quantitative estimate of drug-likeness (QED) is 0.628. The lowest BCUT2D eigenvalue weighted by Gasteiger charge is -2.17. The Morgan fingerprint density at radius 3 is 2.12 bits per heavy atom. The van der Waals surface area contributed by atoms with Gasteiger partial charge in [0.05, 0.1) is 11.1 Å². The maximum Gasteiger partial charge on any atom is 0.416 e. The second kappa shape index (κ2) is 7.47. The van der Waals surface area contributed by atoms with Crippen molar-refractivity contribution in [2.24, 2.45) is 5.73 Å². The zero-order valence-corrected chi connectivity index (χ0v) is 14.7. The third-order valence-electron chi connectivity index (χ3n) is 3.38. The van der Waals surface area contributed by atoms with Crippen LogP contribution >= 0.6 is 0 Å². The normalized spacial score (nSPS) is 12.1. The summed E-state index contributed by atoms with van der Waals surface area (Å²) in [7, 11) is 0. The van der Waals surface area contributed by atoms with Gasteiger partial charge in [-0.15, -0.1) is 0 Å². The first kappa shape index (κ1) is 19.9. The molecule has 0 spiro atoms. The highest BCUT2D eigenvalue weighted by Crippen LogP contribution is 2.31. The Labute approximate surface area is 149 Å². The third kappa shape index (κ3) is 5.31. The Morgan fingerprint density at radius 2 is 1.62 bits per heavy atom. The molecular weight excluding hydrogens is 347 g/mol. The van der Waals surface area contributed by atoms with Gasteiger partial charge in [-0.25, -0.2) is 4.79 Å². The molecule has 140 valence electrons. The number of halogens is 3. The summed E-state index contributed by atoms with van der Waals surface area (Å²) in [5, 5.41) is 0. The summed E-state index contributed by atoms with van der Waals surface area (Å²) in [5.74, 6) is -0.705. The van der Waals surface area contributed by atoms with Crippen molar-refractivity contribution in [3.63, 3.8) is 0 Å². The largest absolute Gasteiger partial charge is 0.416 e. The summed E-state index contributed by atoms with van der Waals surface area (Å²) in [6.07, 6.45) is -4.41. The van der Waals surface area contributed by atoms with Crippen LogP contribution in [-0.2, 0) is 22.5 Å². The maximum atomic E-state index is 12.7. The summed E-state index contributed by atoms with van der Waals surface area (Å²) < 4.78 is 38.1. The van der Waals surface area contributed by atoms with Crippen LogP contribution in [0.3, 0.4) is 0 Å². The molecule has 26 heavy (non-hydrogen) atoms. The molecule has 2 rings (SSSR count). The number of carbonyl (C=O) groups is 1. The van der Waals surface area contributed by atoms with Crippen molar-refractivity contribution in [2.45, 2.75) is 39.1 Å². The van der Waals surface area contributed by atoms with Gasteiger partial charge in [0.2, 0.25) is 0 Å². The minimum absolute atomic E-state index is 0.162. The van der Waals surface area contributed by atoms with Crippen molar-refractivity contribution in [3.8, 4) is 11.1 Å². The fourth-order valence-corrected chi connectivity index (χ4v) is 2.16. The lowest BCUT2D eigenvalue weighted by molar-refractivity contribution is -0.301. The molecule has 0 unspecified atom stereocenters. The molecule has 0 bridgehead atoms. The standard InChI is InChI=1S/C19H20F3NO3/c1-18(2,3)26-25-17(24)15-9-12(11-23)8-14(10-15)13-4-6-16(7-5-13)19(20,21)22/h4-10H,11,23H2,1-3H3. The lowest BCUT2D eigenvalue weighted by atomic mass is 9.98. The van der Waals surface area contributed by atoms with Crippen molar-refractivity contribution in [2.75, 3.05) is 0 Å². The molecule has 0 aromatic heterocycles. The summed E-state index contributed by atoms with van der Waals surface area (Å²) in [6.45, 7) is 5.34. The zero-order valence-electron chi connectivity index (χ0n) is 14.7. The molecule has 7 heteroatoms. The highest BCUT2D eigenvalue weighted by atomic mass is 19.4. The topological polar surface area (TPSA) is 61.5 Å². The number of hydrogen-bond acceptors (Lipinski definition) is 4. The number of nitrogens with two attached hydrogens (primary N) is 1. The first-order valence-corrected chi connectivity index (χ1v) is 7.91. The average Bonchev–Trinajstić information content (AvgIpc) is 2.58. The monoisotopic (exact) mass is 367 g/mol. The summed E-state index contributed by atoms with van der Waals surface area (Å²) in [4.78, 5) is 22.0. The summed E-state index contributed by atoms with van der Waals surface area (Å²) >= 11 is 0. The second-order valence-electron chi connectivity index (χ2n) is 6.76. The van der Waals surface area contributed by atoms with Crippen LogP contribution < -0.4 is 5.73 Å². The van der Waals surface area contributed by atoms with Crippen LogP contribution in [0.15, 0.2) is 42.5 Å². The molecule has 2 aromatic carbocycles. The average molecular weight is 367 g/mol. The van der Waals surface area contributed by atoms with E-state index in [1.54, 1.807) is 32.9 Å². The van der Waals surface area contributed by atoms with E-state index < -0.39 is 23.3 Å². The molecular formula is C19H20F3NO3. The van der Waals surface area contributed by atoms with Gasteiger partial charge in [0.25, 0.3) is 0 Å². The maximum absolute atomic E-state index is 12.7. The molecule has 0 aliphatic rings. The minimum atomic E-state index is -4.41. The van der Waals surface area contributed by atoms with E-state index in [4.69, 9.17) is 15.5 Å². The molecule has 4 nitrogen and oxygen atoms in total. The highest BCUT2D eigenvalue weighted by Gasteiger charge is 2.30. The molecule has 2 aromatic rings. The summed E-state index contributed by atoms with van der Waals surface area (Å²) in [5.41, 5.74) is 6.18. The van der Waals surface area contributed by atoms with Crippen LogP contribution in [0.4, 0.5) is 13.2 Å². The molecule has 0 amide bonds. The predicted molar refractivity (Wildman–Crippen MR) is 91.0 cm³/mol. The fraction of sp³-hybridized carbons (Fsp3) is 0.316. The van der Waals surface area contributed by atoms with Crippen molar-refractivity contribution >= 4 is 5.97 Å². The Balaban J connectivity index is 2.33. The minimum Gasteiger partial charge on any atom is -0.326 e. The van der Waals surface area contributed by atoms with Crippen LogP contribution in [0.5, 0.6) is 0 Å². The van der Waals surface area contributed by atoms with Gasteiger partial charge in [0.1, 0.15) is 5.60 Å². The van der Waals surface area contributed by atoms with Gasteiger partial charge in [-0.05, 0) is 67.8 Å². The van der Waals surface area contributed by atoms with Gasteiger partial charge >= 0.3 is 12.1 Å². The first-order valence-electron chi connectivity index (χ1n) is 7.91. The van der Waals surface area contributed by atoms with E-state index in [0.717, 1.165) is 12.1 Å². The highest BCUT2D eigenvalue weighted by molar-refractivity contribution is 5.91. The molecule has 0 saturated carbocycles. The fourth-order valence-electron chi connectivity index (χ4n) is 2.16. The SMILES string of the molecule is CC(C)(C)OOC(=O)c1cc(CN)cc(-c2ccc(C(F)(F)F)cc2)c1. The van der Waals surface area contributed by atoms with Crippen molar-refractivity contribution in [1.82, 2.24) is 0 Å². The van der Waals surface area contributed by atoms with Gasteiger partial charge in [-0.2, -0.15) is 18.1 Å². The third-order valence-corrected chi connectivity index (χ3v) is 3.38. The molecule has 0 atom stereocenters. The molecule has 2 N–H and O–H groups in total. The van der Waals surface area contributed by atoms with Gasteiger partial charge < -0.3 is 5.73 Å². The Kier molecular flexibility index (Phi) is 5.73. The molecule has 0 fully saturated rings. The van der Waals surface area contributed by atoms with Crippen LogP contribution in [0, 0.1) is 0 Å². The second-order valence-corrected chi connectivity index (χ2v) is 6.76. The number of benzene rings is 2. The van der Waals surface area contributed by atoms with E-state index in [0.29, 0.717) is 16.7 Å². The van der Waals surface area contributed by atoms with Gasteiger partial charge in [-0.1, -0.05) is 12.1 Å². The van der Waals surface area contributed by atoms with Crippen molar-refractivity contribution in [3.05, 3.63) is 59.2 Å². The number of alkyl halides is 3. The predicted octanol–water partition coefficient (Wildman–Crippen LogP) is 4.72. The van der Waals surface area contributed by atoms with E-state index in [2.05, 4.69) is 0 Å². The summed E-state index contributed by atoms with van der Waals surface area (Å²) in [6, 6.07) is 9.47. The van der Waals surface area contributed by atoms with E-state index >= 15 is 0 Å². The Bertz CT molecular complexity index is 778. The van der Waals surface area contributed by atoms with E-state index in [-0.39, 0.29) is 12.1 Å². The number of rotatable bonds is 4. The van der Waals surface area contributed by atoms with E-state index in [9.17, 15) is 18.0 Å². The zero-order chi connectivity index (χ0) is 19.5. The number of carbonyl (C=O) groups excluding carboxylic acids is 1. The van der Waals surface area contributed by atoms with Gasteiger partial charge in [-0.3, -0.25) is 4.89 Å². The van der Waals surface area contributed by atoms with Crippen LogP contribution in [0.25, 0.3) is 11.1 Å². The lowest BCUT2D eigenvalue weighted by Crippen LogP contribution is -2.22. The van der Waals surface area contributed by atoms with Gasteiger partial charge in [0, 0.05) is 6.54 Å². The molecule has 0 aliphatic carbocycles. The van der Waals surface area contributed by atoms with Crippen LogP contribution in [0.2, 0.25) is 0 Å². The van der Waals surface area contributed by atoms with E-state index in [1.807, 2.05) is 0 Å². The van der Waals surface area contributed by atoms with E-state index in [1.165, 1.54) is 18.2 Å². The van der Waals surface area contributed by atoms with Crippen molar-refractivity contribution in [1.29, 1.82) is 0 Å². The Hall–Kier alpha value is -2.38. The Morgan fingerprint density at radius 1 is 1.00 bits per heavy atom. The van der Waals surface area contributed by atoms with Crippen molar-refractivity contribution < 1.29 is 27.7 Å². The smallest absolute Gasteiger partial charge is 0.326 e. The van der Waals surface area contributed by atoms with Crippen LogP contribution in [0.1, 0.15) is 42.3 Å². The number of hydrogen-bond donors (Lipinski definition) is 1. The molecule has 0 aliphatic heterocycles. The molecule has 0 radical (unpaired) electrons. The van der Waals surface area contributed by atoms with Gasteiger partial charge in [0.15, 0.2) is 0 Å². The molecule has 0 heterocycles.